The van der Waals surface area contributed by atoms with Crippen LogP contribution >= 0.6 is 11.8 Å². The molecule has 1 saturated heterocycles. The molecule has 2 aromatic heterocycles. The minimum absolute atomic E-state index is 0.0339. The Hall–Kier alpha value is -4.32. The summed E-state index contributed by atoms with van der Waals surface area (Å²) in [7, 11) is 0. The molecule has 3 atom stereocenters. The van der Waals surface area contributed by atoms with Gasteiger partial charge in [0.05, 0.1) is 6.20 Å². The number of halogens is 3. The number of amides is 1. The molecule has 2 aliphatic rings. The maximum atomic E-state index is 13.4. The van der Waals surface area contributed by atoms with Gasteiger partial charge >= 0.3 is 12.3 Å². The number of nitrogens with zero attached hydrogens (tertiary/aromatic N) is 5. The number of anilines is 2. The molecule has 4 aromatic rings. The van der Waals surface area contributed by atoms with Crippen LogP contribution < -0.4 is 10.6 Å². The Morgan fingerprint density at radius 1 is 1.05 bits per heavy atom. The van der Waals surface area contributed by atoms with E-state index in [4.69, 9.17) is 5.73 Å². The zero-order valence-electron chi connectivity index (χ0n) is 23.0. The van der Waals surface area contributed by atoms with E-state index in [2.05, 4.69) is 32.0 Å². The second-order valence-electron chi connectivity index (χ2n) is 10.8. The largest absolute Gasteiger partial charge is 0.465 e. The number of nitrogen functional groups attached to an aromatic ring is 1. The molecular formula is C31H29F3N6O2S. The summed E-state index contributed by atoms with van der Waals surface area (Å²) in [5.74, 6) is 1.03. The Morgan fingerprint density at radius 3 is 2.44 bits per heavy atom. The van der Waals surface area contributed by atoms with Crippen molar-refractivity contribution in [1.29, 1.82) is 0 Å². The van der Waals surface area contributed by atoms with Crippen molar-refractivity contribution in [1.82, 2.24) is 19.9 Å². The molecule has 0 spiro atoms. The fraction of sp³-hybridized carbons (Fsp3) is 0.290. The predicted molar refractivity (Wildman–Crippen MR) is 157 cm³/mol. The van der Waals surface area contributed by atoms with E-state index in [-0.39, 0.29) is 33.0 Å². The number of fused-ring (bicyclic) bond motifs is 1. The van der Waals surface area contributed by atoms with E-state index in [1.54, 1.807) is 0 Å². The molecule has 2 aromatic carbocycles. The summed E-state index contributed by atoms with van der Waals surface area (Å²) in [5.41, 5.74) is 6.89. The van der Waals surface area contributed by atoms with Gasteiger partial charge in [-0.3, -0.25) is 4.98 Å². The zero-order chi connectivity index (χ0) is 30.2. The normalized spacial score (nSPS) is 21.2. The van der Waals surface area contributed by atoms with Gasteiger partial charge in [-0.25, -0.2) is 14.8 Å². The standard InChI is InChI=1S/C31H29F3N6O2S/c32-31(33,34)26-24(12-7-14-36-26)43-28-27(35)38-25(16-37-28)39-15-13-22-23(18-39)30(22,21-10-5-2-6-11-21)19-40(29(41)42)17-20-8-3-1-4-9-20/h1-12,14,16,22-23H,13,15,17-19H2,(H2,35,38)(H,41,42). The first-order valence-corrected chi connectivity index (χ1v) is 14.6. The maximum absolute atomic E-state index is 13.4. The third kappa shape index (κ3) is 5.71. The molecule has 3 N–H and O–H groups in total. The van der Waals surface area contributed by atoms with Gasteiger partial charge in [0.1, 0.15) is 10.8 Å². The molecule has 8 nitrogen and oxygen atoms in total. The summed E-state index contributed by atoms with van der Waals surface area (Å²) in [6.07, 6.45) is -2.12. The predicted octanol–water partition coefficient (Wildman–Crippen LogP) is 6.20. The van der Waals surface area contributed by atoms with Crippen molar-refractivity contribution in [2.24, 2.45) is 11.8 Å². The third-order valence-corrected chi connectivity index (χ3v) is 9.46. The van der Waals surface area contributed by atoms with Crippen molar-refractivity contribution < 1.29 is 23.1 Å². The SMILES string of the molecule is Nc1nc(N2CCC3C(C2)C3(CN(Cc2ccccc2)C(=O)O)c2ccccc2)cnc1Sc1cccnc1C(F)(F)F. The van der Waals surface area contributed by atoms with Crippen LogP contribution in [-0.2, 0) is 18.1 Å². The summed E-state index contributed by atoms with van der Waals surface area (Å²) >= 11 is 0.778. The van der Waals surface area contributed by atoms with Gasteiger partial charge in [-0.1, -0.05) is 72.4 Å². The van der Waals surface area contributed by atoms with Crippen LogP contribution in [0.2, 0.25) is 0 Å². The van der Waals surface area contributed by atoms with Crippen LogP contribution in [0.4, 0.5) is 29.6 Å². The smallest absolute Gasteiger partial charge is 0.434 e. The highest BCUT2D eigenvalue weighted by Gasteiger charge is 2.67. The van der Waals surface area contributed by atoms with E-state index >= 15 is 0 Å². The van der Waals surface area contributed by atoms with Gasteiger partial charge in [-0.05, 0) is 41.5 Å². The summed E-state index contributed by atoms with van der Waals surface area (Å²) < 4.78 is 40.3. The molecule has 1 aliphatic carbocycles. The van der Waals surface area contributed by atoms with Crippen LogP contribution in [0.25, 0.3) is 0 Å². The molecule has 6 rings (SSSR count). The van der Waals surface area contributed by atoms with Gasteiger partial charge in [-0.2, -0.15) is 13.2 Å². The lowest BCUT2D eigenvalue weighted by Gasteiger charge is -2.28. The Balaban J connectivity index is 1.23. The van der Waals surface area contributed by atoms with Crippen molar-refractivity contribution in [3.8, 4) is 0 Å². The fourth-order valence-electron chi connectivity index (χ4n) is 6.40. The monoisotopic (exact) mass is 606 g/mol. The fourth-order valence-corrected chi connectivity index (χ4v) is 7.28. The number of carbonyl (C=O) groups is 1. The van der Waals surface area contributed by atoms with Crippen LogP contribution in [-0.4, -0.2) is 50.7 Å². The number of benzene rings is 2. The van der Waals surface area contributed by atoms with Gasteiger partial charge in [0.15, 0.2) is 11.5 Å². The quantitative estimate of drug-likeness (QED) is 0.244. The molecule has 0 bridgehead atoms. The number of carboxylic acid groups (broad SMARTS) is 1. The second kappa shape index (κ2) is 11.4. The molecule has 222 valence electrons. The number of hydrogen-bond donors (Lipinski definition) is 2. The van der Waals surface area contributed by atoms with Gasteiger partial charge < -0.3 is 20.6 Å². The van der Waals surface area contributed by atoms with Gasteiger partial charge in [0, 0.05) is 42.7 Å². The molecule has 3 unspecified atom stereocenters. The lowest BCUT2D eigenvalue weighted by Crippen LogP contribution is -2.38. The molecular weight excluding hydrogens is 577 g/mol. The number of hydrogen-bond acceptors (Lipinski definition) is 7. The highest BCUT2D eigenvalue weighted by molar-refractivity contribution is 7.99. The molecule has 1 aliphatic heterocycles. The third-order valence-electron chi connectivity index (χ3n) is 8.40. The summed E-state index contributed by atoms with van der Waals surface area (Å²) in [6, 6.07) is 22.4. The van der Waals surface area contributed by atoms with E-state index in [1.807, 2.05) is 48.5 Å². The minimum Gasteiger partial charge on any atom is -0.465 e. The Kier molecular flexibility index (Phi) is 7.63. The van der Waals surface area contributed by atoms with Crippen LogP contribution in [0.15, 0.2) is 95.1 Å². The van der Waals surface area contributed by atoms with Crippen LogP contribution in [0.1, 0.15) is 23.2 Å². The van der Waals surface area contributed by atoms with Crippen molar-refractivity contribution in [3.63, 3.8) is 0 Å². The number of piperidine rings is 1. The summed E-state index contributed by atoms with van der Waals surface area (Å²) in [6.45, 7) is 1.95. The molecule has 1 saturated carbocycles. The first kappa shape index (κ1) is 28.8. The van der Waals surface area contributed by atoms with Crippen molar-refractivity contribution in [2.45, 2.75) is 34.5 Å². The second-order valence-corrected chi connectivity index (χ2v) is 11.9. The lowest BCUT2D eigenvalue weighted by molar-refractivity contribution is -0.143. The van der Waals surface area contributed by atoms with Crippen molar-refractivity contribution >= 4 is 29.5 Å². The highest BCUT2D eigenvalue weighted by Crippen LogP contribution is 2.64. The van der Waals surface area contributed by atoms with E-state index in [0.717, 1.165) is 35.5 Å². The highest BCUT2D eigenvalue weighted by atomic mass is 32.2. The van der Waals surface area contributed by atoms with Gasteiger partial charge in [-0.15, -0.1) is 0 Å². The van der Waals surface area contributed by atoms with Crippen LogP contribution in [0, 0.1) is 11.8 Å². The topological polar surface area (TPSA) is 108 Å². The van der Waals surface area contributed by atoms with Crippen LogP contribution in [0.3, 0.4) is 0 Å². The van der Waals surface area contributed by atoms with E-state index in [0.29, 0.717) is 32.0 Å². The average molecular weight is 607 g/mol. The lowest BCUT2D eigenvalue weighted by atomic mass is 9.90. The van der Waals surface area contributed by atoms with E-state index in [1.165, 1.54) is 23.2 Å². The van der Waals surface area contributed by atoms with E-state index in [9.17, 15) is 23.1 Å². The van der Waals surface area contributed by atoms with Crippen molar-refractivity contribution in [3.05, 3.63) is 102 Å². The summed E-state index contributed by atoms with van der Waals surface area (Å²) in [4.78, 5) is 28.3. The Labute approximate surface area is 250 Å². The number of nitrogens with two attached hydrogens (primary N) is 1. The van der Waals surface area contributed by atoms with Crippen LogP contribution in [0.5, 0.6) is 0 Å². The molecule has 12 heteroatoms. The summed E-state index contributed by atoms with van der Waals surface area (Å²) in [5, 5.41) is 10.3. The molecule has 0 radical (unpaired) electrons. The van der Waals surface area contributed by atoms with Crippen molar-refractivity contribution in [2.75, 3.05) is 30.3 Å². The number of rotatable bonds is 8. The first-order valence-electron chi connectivity index (χ1n) is 13.8. The molecule has 1 amide bonds. The minimum atomic E-state index is -4.61. The average Bonchev–Trinajstić information content (AvgIpc) is 3.65. The molecule has 43 heavy (non-hydrogen) atoms. The van der Waals surface area contributed by atoms with Gasteiger partial charge in [0.2, 0.25) is 0 Å². The molecule has 3 heterocycles. The number of aromatic nitrogens is 3. The first-order chi connectivity index (χ1) is 20.7. The maximum Gasteiger partial charge on any atom is 0.434 e. The molecule has 2 fully saturated rings. The van der Waals surface area contributed by atoms with Gasteiger partial charge in [0.25, 0.3) is 0 Å². The zero-order valence-corrected chi connectivity index (χ0v) is 23.8. The number of alkyl halides is 3. The number of pyridine rings is 1. The Morgan fingerprint density at radius 2 is 1.77 bits per heavy atom. The Bertz CT molecular complexity index is 1610. The van der Waals surface area contributed by atoms with E-state index < -0.39 is 18.0 Å².